The van der Waals surface area contributed by atoms with Gasteiger partial charge in [0.15, 0.2) is 0 Å². The highest BCUT2D eigenvalue weighted by molar-refractivity contribution is 5.74. The lowest BCUT2D eigenvalue weighted by atomic mass is 9.74. The van der Waals surface area contributed by atoms with Crippen molar-refractivity contribution in [1.82, 2.24) is 9.88 Å². The van der Waals surface area contributed by atoms with Gasteiger partial charge in [-0.3, -0.25) is 14.7 Å². The number of carboxylic acids is 1. The number of pyridine rings is 1. The Morgan fingerprint density at radius 1 is 1.04 bits per heavy atom. The molecule has 1 aromatic heterocycles. The summed E-state index contributed by atoms with van der Waals surface area (Å²) in [6.07, 6.45) is 7.75. The molecule has 1 N–H and O–H groups in total. The molecule has 1 fully saturated rings. The van der Waals surface area contributed by atoms with Crippen LogP contribution in [0.4, 0.5) is 0 Å². The van der Waals surface area contributed by atoms with Crippen molar-refractivity contribution in [3.63, 3.8) is 0 Å². The number of likely N-dealkylation sites (tertiary alicyclic amines) is 1. The molecule has 4 nitrogen and oxygen atoms in total. The third kappa shape index (κ3) is 4.67. The van der Waals surface area contributed by atoms with E-state index in [1.165, 1.54) is 11.1 Å². The van der Waals surface area contributed by atoms with E-state index in [4.69, 9.17) is 0 Å². The van der Waals surface area contributed by atoms with Gasteiger partial charge in [-0.25, -0.2) is 0 Å². The Kier molecular flexibility index (Phi) is 5.82. The normalized spacial score (nSPS) is 17.3. The summed E-state index contributed by atoms with van der Waals surface area (Å²) in [5.74, 6) is -0.621. The Labute approximate surface area is 149 Å². The molecule has 1 saturated heterocycles. The first-order valence-electron chi connectivity index (χ1n) is 9.07. The number of hydrogen-bond donors (Lipinski definition) is 1. The molecule has 0 bridgehead atoms. The number of aliphatic carboxylic acids is 1. The van der Waals surface area contributed by atoms with Crippen molar-refractivity contribution in [3.8, 4) is 0 Å². The van der Waals surface area contributed by atoms with E-state index in [0.717, 1.165) is 51.7 Å². The molecule has 1 aliphatic rings. The molecule has 1 aromatic carbocycles. The van der Waals surface area contributed by atoms with Gasteiger partial charge in [0.25, 0.3) is 0 Å². The van der Waals surface area contributed by atoms with E-state index in [2.05, 4.69) is 22.0 Å². The van der Waals surface area contributed by atoms with E-state index in [1.807, 2.05) is 42.7 Å². The van der Waals surface area contributed by atoms with E-state index in [9.17, 15) is 9.90 Å². The summed E-state index contributed by atoms with van der Waals surface area (Å²) < 4.78 is 0. The zero-order chi connectivity index (χ0) is 17.5. The summed E-state index contributed by atoms with van der Waals surface area (Å²) in [4.78, 5) is 18.4. The lowest BCUT2D eigenvalue weighted by Gasteiger charge is -2.39. The number of piperidine rings is 1. The van der Waals surface area contributed by atoms with Crippen LogP contribution >= 0.6 is 0 Å². The molecule has 3 rings (SSSR count). The Bertz CT molecular complexity index is 665. The van der Waals surface area contributed by atoms with Crippen molar-refractivity contribution in [2.24, 2.45) is 5.41 Å². The van der Waals surface area contributed by atoms with Gasteiger partial charge in [-0.05, 0) is 68.5 Å². The summed E-state index contributed by atoms with van der Waals surface area (Å²) in [5, 5.41) is 9.84. The highest BCUT2D eigenvalue weighted by Crippen LogP contribution is 2.37. The molecule has 0 aliphatic carbocycles. The molecule has 0 amide bonds. The number of aromatic nitrogens is 1. The molecule has 132 valence electrons. The van der Waals surface area contributed by atoms with Gasteiger partial charge in [-0.1, -0.05) is 30.3 Å². The number of nitrogens with zero attached hydrogens (tertiary/aromatic N) is 2. The number of carbonyl (C=O) groups is 1. The predicted octanol–water partition coefficient (Wildman–Crippen LogP) is 3.77. The topological polar surface area (TPSA) is 53.4 Å². The molecule has 2 aromatic rings. The summed E-state index contributed by atoms with van der Waals surface area (Å²) in [6, 6.07) is 14.4. The second-order valence-electron chi connectivity index (χ2n) is 7.06. The number of rotatable bonds is 7. The van der Waals surface area contributed by atoms with Crippen LogP contribution in [-0.2, 0) is 17.8 Å². The number of carboxylic acid groups (broad SMARTS) is 1. The first-order valence-corrected chi connectivity index (χ1v) is 9.07. The van der Waals surface area contributed by atoms with Crippen LogP contribution in [0.5, 0.6) is 0 Å². The van der Waals surface area contributed by atoms with Crippen molar-refractivity contribution in [3.05, 3.63) is 66.0 Å². The van der Waals surface area contributed by atoms with Crippen LogP contribution in [0.3, 0.4) is 0 Å². The minimum atomic E-state index is -0.621. The maximum Gasteiger partial charge on any atom is 0.309 e. The highest BCUT2D eigenvalue weighted by atomic mass is 16.4. The van der Waals surface area contributed by atoms with Crippen LogP contribution < -0.4 is 0 Å². The minimum absolute atomic E-state index is 0.552. The summed E-state index contributed by atoms with van der Waals surface area (Å²) in [7, 11) is 0. The van der Waals surface area contributed by atoms with E-state index in [0.29, 0.717) is 0 Å². The van der Waals surface area contributed by atoms with Gasteiger partial charge in [-0.15, -0.1) is 0 Å². The molecular formula is C21H26N2O2. The molecule has 25 heavy (non-hydrogen) atoms. The maximum atomic E-state index is 12.0. The smallest absolute Gasteiger partial charge is 0.309 e. The SMILES string of the molecule is O=C(O)C1(CCCc2ccccc2)CCN(Cc2ccncc2)CC1. The first kappa shape index (κ1) is 17.6. The quantitative estimate of drug-likeness (QED) is 0.835. The van der Waals surface area contributed by atoms with E-state index in [1.54, 1.807) is 0 Å². The second kappa shape index (κ2) is 8.26. The van der Waals surface area contributed by atoms with Crippen molar-refractivity contribution in [2.45, 2.75) is 38.6 Å². The lowest BCUT2D eigenvalue weighted by molar-refractivity contribution is -0.152. The fourth-order valence-corrected chi connectivity index (χ4v) is 3.73. The van der Waals surface area contributed by atoms with Gasteiger partial charge >= 0.3 is 5.97 Å². The van der Waals surface area contributed by atoms with Crippen molar-refractivity contribution in [2.75, 3.05) is 13.1 Å². The predicted molar refractivity (Wildman–Crippen MR) is 98.2 cm³/mol. The van der Waals surface area contributed by atoms with Gasteiger partial charge in [0.2, 0.25) is 0 Å². The molecule has 0 spiro atoms. The molecule has 0 radical (unpaired) electrons. The number of aryl methyl sites for hydroxylation is 1. The summed E-state index contributed by atoms with van der Waals surface area (Å²) in [5.41, 5.74) is 1.98. The average Bonchev–Trinajstić information content (AvgIpc) is 2.65. The van der Waals surface area contributed by atoms with Gasteiger partial charge < -0.3 is 5.11 Å². The molecule has 0 saturated carbocycles. The van der Waals surface area contributed by atoms with E-state index >= 15 is 0 Å². The third-order valence-corrected chi connectivity index (χ3v) is 5.39. The fourth-order valence-electron chi connectivity index (χ4n) is 3.73. The molecule has 4 heteroatoms. The van der Waals surface area contributed by atoms with E-state index in [-0.39, 0.29) is 0 Å². The van der Waals surface area contributed by atoms with Crippen LogP contribution in [-0.4, -0.2) is 34.0 Å². The largest absolute Gasteiger partial charge is 0.481 e. The molecular weight excluding hydrogens is 312 g/mol. The minimum Gasteiger partial charge on any atom is -0.481 e. The maximum absolute atomic E-state index is 12.0. The van der Waals surface area contributed by atoms with Gasteiger partial charge in [0, 0.05) is 18.9 Å². The van der Waals surface area contributed by atoms with Crippen LogP contribution in [0, 0.1) is 5.41 Å². The Morgan fingerprint density at radius 3 is 2.36 bits per heavy atom. The highest BCUT2D eigenvalue weighted by Gasteiger charge is 2.40. The van der Waals surface area contributed by atoms with Gasteiger partial charge in [0.05, 0.1) is 5.41 Å². The van der Waals surface area contributed by atoms with Gasteiger partial charge in [0.1, 0.15) is 0 Å². The average molecular weight is 338 g/mol. The Balaban J connectivity index is 1.53. The summed E-state index contributed by atoms with van der Waals surface area (Å²) >= 11 is 0. The molecule has 0 atom stereocenters. The van der Waals surface area contributed by atoms with Crippen LogP contribution in [0.2, 0.25) is 0 Å². The molecule has 0 unspecified atom stereocenters. The van der Waals surface area contributed by atoms with E-state index < -0.39 is 11.4 Å². The number of benzene rings is 1. The second-order valence-corrected chi connectivity index (χ2v) is 7.06. The molecule has 1 aliphatic heterocycles. The Morgan fingerprint density at radius 2 is 1.72 bits per heavy atom. The summed E-state index contributed by atoms with van der Waals surface area (Å²) in [6.45, 7) is 2.57. The first-order chi connectivity index (χ1) is 12.2. The van der Waals surface area contributed by atoms with Crippen LogP contribution in [0.1, 0.15) is 36.8 Å². The zero-order valence-electron chi connectivity index (χ0n) is 14.6. The Hall–Kier alpha value is -2.20. The van der Waals surface area contributed by atoms with Gasteiger partial charge in [-0.2, -0.15) is 0 Å². The zero-order valence-corrected chi connectivity index (χ0v) is 14.6. The molecule has 2 heterocycles. The van der Waals surface area contributed by atoms with Crippen LogP contribution in [0.15, 0.2) is 54.9 Å². The van der Waals surface area contributed by atoms with Crippen molar-refractivity contribution in [1.29, 1.82) is 0 Å². The van der Waals surface area contributed by atoms with Crippen molar-refractivity contribution < 1.29 is 9.90 Å². The van der Waals surface area contributed by atoms with Crippen LogP contribution in [0.25, 0.3) is 0 Å². The monoisotopic (exact) mass is 338 g/mol. The fraction of sp³-hybridized carbons (Fsp3) is 0.429. The lowest BCUT2D eigenvalue weighted by Crippen LogP contribution is -2.44. The number of hydrogen-bond acceptors (Lipinski definition) is 3. The standard InChI is InChI=1S/C21H26N2O2/c24-20(25)21(10-4-7-18-5-2-1-3-6-18)11-15-23(16-12-21)17-19-8-13-22-14-9-19/h1-3,5-6,8-9,13-14H,4,7,10-12,15-17H2,(H,24,25). The third-order valence-electron chi connectivity index (χ3n) is 5.39. The van der Waals surface area contributed by atoms with Crippen molar-refractivity contribution >= 4 is 5.97 Å².